The van der Waals surface area contributed by atoms with Crippen molar-refractivity contribution < 1.29 is 18.0 Å². The predicted octanol–water partition coefficient (Wildman–Crippen LogP) is 2.82. The second kappa shape index (κ2) is 6.45. The van der Waals surface area contributed by atoms with Gasteiger partial charge in [-0.25, -0.2) is 13.2 Å². The molecule has 0 aliphatic carbocycles. The maximum Gasteiger partial charge on any atom is 0.242 e. The molecule has 0 spiro atoms. The van der Waals surface area contributed by atoms with Crippen LogP contribution in [-0.4, -0.2) is 18.0 Å². The molecule has 2 unspecified atom stereocenters. The van der Waals surface area contributed by atoms with Crippen molar-refractivity contribution in [3.8, 4) is 0 Å². The number of benzene rings is 1. The van der Waals surface area contributed by atoms with Gasteiger partial charge in [0.2, 0.25) is 5.91 Å². The molecule has 106 valence electrons. The molecule has 0 aromatic heterocycles. The van der Waals surface area contributed by atoms with E-state index in [9.17, 15) is 18.0 Å². The summed E-state index contributed by atoms with van der Waals surface area (Å²) in [6.07, 6.45) is 0.748. The molecular formula is C13H17F3N2O. The van der Waals surface area contributed by atoms with Crippen LogP contribution in [0.5, 0.6) is 0 Å². The van der Waals surface area contributed by atoms with Gasteiger partial charge in [-0.1, -0.05) is 6.92 Å². The summed E-state index contributed by atoms with van der Waals surface area (Å²) in [6.45, 7) is 5.20. The van der Waals surface area contributed by atoms with E-state index in [1.165, 1.54) is 6.92 Å². The highest BCUT2D eigenvalue weighted by atomic mass is 19.1. The van der Waals surface area contributed by atoms with Crippen molar-refractivity contribution >= 4 is 11.6 Å². The lowest BCUT2D eigenvalue weighted by atomic mass is 10.2. The number of nitrogens with one attached hydrogen (secondary N) is 2. The number of amides is 1. The van der Waals surface area contributed by atoms with Gasteiger partial charge in [-0.05, 0) is 20.3 Å². The standard InChI is InChI=1S/C13H17F3N2O/c1-4-7(2)17-13(19)8(3)18-12-10(15)5-9(14)6-11(12)16/h5-8,18H,4H2,1-3H3,(H,17,19). The second-order valence-corrected chi connectivity index (χ2v) is 4.43. The van der Waals surface area contributed by atoms with Crippen molar-refractivity contribution in [2.45, 2.75) is 39.3 Å². The Kier molecular flexibility index (Phi) is 5.20. The maximum absolute atomic E-state index is 13.4. The number of rotatable bonds is 5. The molecule has 0 heterocycles. The molecule has 0 fully saturated rings. The number of hydrogen-bond donors (Lipinski definition) is 2. The Balaban J connectivity index is 2.77. The minimum Gasteiger partial charge on any atom is -0.369 e. The number of hydrogen-bond acceptors (Lipinski definition) is 2. The van der Waals surface area contributed by atoms with Crippen LogP contribution in [0.15, 0.2) is 12.1 Å². The molecule has 1 amide bonds. The van der Waals surface area contributed by atoms with Crippen LogP contribution in [-0.2, 0) is 4.79 Å². The third-order valence-electron chi connectivity index (χ3n) is 2.76. The molecule has 2 N–H and O–H groups in total. The van der Waals surface area contributed by atoms with Crippen LogP contribution >= 0.6 is 0 Å². The Bertz CT molecular complexity index is 442. The van der Waals surface area contributed by atoms with Crippen LogP contribution in [0, 0.1) is 17.5 Å². The van der Waals surface area contributed by atoms with Crippen molar-refractivity contribution in [3.05, 3.63) is 29.6 Å². The maximum atomic E-state index is 13.4. The summed E-state index contributed by atoms with van der Waals surface area (Å²) in [5.41, 5.74) is -0.506. The Labute approximate surface area is 110 Å². The van der Waals surface area contributed by atoms with E-state index in [2.05, 4.69) is 10.6 Å². The third kappa shape index (κ3) is 4.15. The molecule has 1 aromatic carbocycles. The lowest BCUT2D eigenvalue weighted by Gasteiger charge is -2.19. The lowest BCUT2D eigenvalue weighted by molar-refractivity contribution is -0.122. The highest BCUT2D eigenvalue weighted by Gasteiger charge is 2.19. The van der Waals surface area contributed by atoms with Crippen LogP contribution in [0.4, 0.5) is 18.9 Å². The van der Waals surface area contributed by atoms with E-state index < -0.39 is 29.2 Å². The molecule has 1 aromatic rings. The number of carbonyl (C=O) groups excluding carboxylic acids is 1. The van der Waals surface area contributed by atoms with E-state index in [-0.39, 0.29) is 11.9 Å². The minimum absolute atomic E-state index is 0.0281. The predicted molar refractivity (Wildman–Crippen MR) is 67.3 cm³/mol. The first-order valence-electron chi connectivity index (χ1n) is 6.06. The first-order chi connectivity index (χ1) is 8.85. The molecular weight excluding hydrogens is 257 g/mol. The zero-order valence-corrected chi connectivity index (χ0v) is 11.1. The fraction of sp³-hybridized carbons (Fsp3) is 0.462. The highest BCUT2D eigenvalue weighted by molar-refractivity contribution is 5.84. The summed E-state index contributed by atoms with van der Waals surface area (Å²) in [5.74, 6) is -3.52. The molecule has 0 aliphatic rings. The Hall–Kier alpha value is -1.72. The Morgan fingerprint density at radius 3 is 2.21 bits per heavy atom. The average Bonchev–Trinajstić information content (AvgIpc) is 2.32. The fourth-order valence-corrected chi connectivity index (χ4v) is 1.43. The summed E-state index contributed by atoms with van der Waals surface area (Å²) < 4.78 is 39.5. The molecule has 0 bridgehead atoms. The molecule has 2 atom stereocenters. The van der Waals surface area contributed by atoms with Crippen LogP contribution in [0.1, 0.15) is 27.2 Å². The zero-order chi connectivity index (χ0) is 14.6. The van der Waals surface area contributed by atoms with Gasteiger partial charge >= 0.3 is 0 Å². The second-order valence-electron chi connectivity index (χ2n) is 4.43. The van der Waals surface area contributed by atoms with Crippen molar-refractivity contribution in [2.24, 2.45) is 0 Å². The van der Waals surface area contributed by atoms with Crippen LogP contribution < -0.4 is 10.6 Å². The summed E-state index contributed by atoms with van der Waals surface area (Å²) in [6, 6.07) is 0.262. The normalized spacial score (nSPS) is 13.8. The van der Waals surface area contributed by atoms with Gasteiger partial charge in [0.1, 0.15) is 17.5 Å². The first-order valence-corrected chi connectivity index (χ1v) is 6.06. The van der Waals surface area contributed by atoms with Crippen molar-refractivity contribution in [1.29, 1.82) is 0 Å². The third-order valence-corrected chi connectivity index (χ3v) is 2.76. The summed E-state index contributed by atoms with van der Waals surface area (Å²) in [5, 5.41) is 5.09. The topological polar surface area (TPSA) is 41.1 Å². The van der Waals surface area contributed by atoms with E-state index in [0.717, 1.165) is 6.42 Å². The molecule has 0 aliphatic heterocycles. The SMILES string of the molecule is CCC(C)NC(=O)C(C)Nc1c(F)cc(F)cc1F. The molecule has 0 saturated heterocycles. The Morgan fingerprint density at radius 1 is 1.21 bits per heavy atom. The van der Waals surface area contributed by atoms with Gasteiger partial charge in [-0.15, -0.1) is 0 Å². The van der Waals surface area contributed by atoms with Crippen LogP contribution in [0.25, 0.3) is 0 Å². The summed E-state index contributed by atoms with van der Waals surface area (Å²) in [4.78, 5) is 11.7. The molecule has 19 heavy (non-hydrogen) atoms. The van der Waals surface area contributed by atoms with Crippen molar-refractivity contribution in [3.63, 3.8) is 0 Å². The van der Waals surface area contributed by atoms with Gasteiger partial charge in [0.15, 0.2) is 11.6 Å². The van der Waals surface area contributed by atoms with E-state index in [1.54, 1.807) is 0 Å². The first kappa shape index (κ1) is 15.3. The van der Waals surface area contributed by atoms with Gasteiger partial charge in [-0.2, -0.15) is 0 Å². The molecule has 0 radical (unpaired) electrons. The zero-order valence-electron chi connectivity index (χ0n) is 11.1. The average molecular weight is 274 g/mol. The van der Waals surface area contributed by atoms with Gasteiger partial charge in [0, 0.05) is 18.2 Å². The summed E-state index contributed by atoms with van der Waals surface area (Å²) >= 11 is 0. The summed E-state index contributed by atoms with van der Waals surface area (Å²) in [7, 11) is 0. The van der Waals surface area contributed by atoms with Crippen molar-refractivity contribution in [2.75, 3.05) is 5.32 Å². The highest BCUT2D eigenvalue weighted by Crippen LogP contribution is 2.20. The fourth-order valence-electron chi connectivity index (χ4n) is 1.43. The molecule has 6 heteroatoms. The van der Waals surface area contributed by atoms with Gasteiger partial charge in [0.05, 0.1) is 0 Å². The largest absolute Gasteiger partial charge is 0.369 e. The quantitative estimate of drug-likeness (QED) is 0.867. The van der Waals surface area contributed by atoms with Gasteiger partial charge in [0.25, 0.3) is 0 Å². The van der Waals surface area contributed by atoms with Crippen molar-refractivity contribution in [1.82, 2.24) is 5.32 Å². The Morgan fingerprint density at radius 2 is 1.74 bits per heavy atom. The lowest BCUT2D eigenvalue weighted by Crippen LogP contribution is -2.42. The van der Waals surface area contributed by atoms with Crippen LogP contribution in [0.2, 0.25) is 0 Å². The number of anilines is 1. The minimum atomic E-state index is -1.07. The smallest absolute Gasteiger partial charge is 0.242 e. The van der Waals surface area contributed by atoms with E-state index >= 15 is 0 Å². The number of carbonyl (C=O) groups is 1. The van der Waals surface area contributed by atoms with E-state index in [0.29, 0.717) is 12.1 Å². The van der Waals surface area contributed by atoms with E-state index in [1.807, 2.05) is 13.8 Å². The molecule has 1 rings (SSSR count). The molecule has 0 saturated carbocycles. The van der Waals surface area contributed by atoms with Gasteiger partial charge in [-0.3, -0.25) is 4.79 Å². The van der Waals surface area contributed by atoms with Crippen LogP contribution in [0.3, 0.4) is 0 Å². The molecule has 3 nitrogen and oxygen atoms in total. The number of halogens is 3. The van der Waals surface area contributed by atoms with Gasteiger partial charge < -0.3 is 10.6 Å². The van der Waals surface area contributed by atoms with E-state index in [4.69, 9.17) is 0 Å². The monoisotopic (exact) mass is 274 g/mol.